The molecule has 0 aromatic heterocycles. The van der Waals surface area contributed by atoms with Gasteiger partial charge < -0.3 is 53.8 Å². The molecular formula is C46H67N9O9S2. The smallest absolute Gasteiger partial charge is 0.244 e. The number of benzene rings is 2. The molecule has 1 saturated carbocycles. The molecule has 1 heterocycles. The number of nitrogens with two attached hydrogens (primary N) is 3. The SMILES string of the molecule is CCOc1ccc(C[C@H]2NC(=O)CC3(CCCCC3)SSCC(C(=O)N[C@@H](CCCCN)C(N)=O)NC(=O)[C@H](CC(N)=O)NC(=O)C(C(C)C)NC(=O)C(Cc3ccccc3)NC2=O)cc1. The molecule has 12 N–H and O–H groups in total. The van der Waals surface area contributed by atoms with Crippen LogP contribution in [0.3, 0.4) is 0 Å². The van der Waals surface area contributed by atoms with Gasteiger partial charge in [-0.25, -0.2) is 0 Å². The minimum Gasteiger partial charge on any atom is -0.494 e. The standard InChI is InChI=1S/C46H67N9O9S2/c1-4-64-31-18-16-30(17-19-31)24-33-41(59)52-34(23-29-13-7-5-8-14-29)43(61)55-39(28(2)3)45(63)53-35(25-37(48)56)42(60)54-36(44(62)51-32(40(49)58)15-9-12-22-47)27-65-66-46(26-38(57)50-33)20-10-6-11-21-46/h5,7-8,13-14,16-19,28,32-36,39H,4,6,9-12,15,20-27,47H2,1-3H3,(H2,48,56)(H2,49,58)(H,50,57)(H,51,62)(H,52,59)(H,53,63)(H,54,60)(H,55,61)/t32-,33+,34?,35-,36?,39?/m0/s1. The number of hydrogen-bond acceptors (Lipinski definition) is 12. The number of unbranched alkanes of at least 4 members (excludes halogenated alkanes) is 1. The summed E-state index contributed by atoms with van der Waals surface area (Å²) in [5, 5.41) is 16.4. The largest absolute Gasteiger partial charge is 0.494 e. The van der Waals surface area contributed by atoms with Gasteiger partial charge in [-0.15, -0.1) is 0 Å². The van der Waals surface area contributed by atoms with Crippen molar-refractivity contribution >= 4 is 68.8 Å². The lowest BCUT2D eigenvalue weighted by molar-refractivity contribution is -0.136. The van der Waals surface area contributed by atoms with Gasteiger partial charge in [-0.2, -0.15) is 0 Å². The number of ether oxygens (including phenoxy) is 1. The highest BCUT2D eigenvalue weighted by atomic mass is 33.1. The zero-order valence-electron chi connectivity index (χ0n) is 38.1. The topological polar surface area (TPSA) is 296 Å². The first-order valence-corrected chi connectivity index (χ1v) is 25.0. The molecule has 1 spiro atoms. The summed E-state index contributed by atoms with van der Waals surface area (Å²) in [6, 6.07) is 8.49. The number of primary amides is 2. The molecule has 0 radical (unpaired) electrons. The quantitative estimate of drug-likeness (QED) is 0.0853. The molecule has 6 atom stereocenters. The van der Waals surface area contributed by atoms with Gasteiger partial charge in [-0.1, -0.05) is 97.2 Å². The number of rotatable bonds is 16. The molecule has 0 bridgehead atoms. The molecule has 1 aliphatic heterocycles. The Hall–Kier alpha value is -5.34. The summed E-state index contributed by atoms with van der Waals surface area (Å²) in [5.74, 6) is -5.96. The number of carbonyl (C=O) groups is 8. The fraction of sp³-hybridized carbons (Fsp3) is 0.565. The molecule has 2 fully saturated rings. The Kier molecular flexibility index (Phi) is 21.6. The van der Waals surface area contributed by atoms with E-state index in [1.165, 1.54) is 21.6 Å². The third-order valence-corrected chi connectivity index (χ3v) is 14.8. The van der Waals surface area contributed by atoms with Gasteiger partial charge in [0.15, 0.2) is 0 Å². The molecule has 2 aliphatic rings. The summed E-state index contributed by atoms with van der Waals surface area (Å²) < 4.78 is 4.98. The Balaban J connectivity index is 1.77. The molecule has 18 nitrogen and oxygen atoms in total. The van der Waals surface area contributed by atoms with Crippen molar-refractivity contribution in [3.63, 3.8) is 0 Å². The molecule has 66 heavy (non-hydrogen) atoms. The number of nitrogens with one attached hydrogen (secondary N) is 6. The van der Waals surface area contributed by atoms with Crippen molar-refractivity contribution in [3.8, 4) is 5.75 Å². The molecule has 1 saturated heterocycles. The van der Waals surface area contributed by atoms with Gasteiger partial charge in [0.25, 0.3) is 0 Å². The average Bonchev–Trinajstić information content (AvgIpc) is 3.27. The van der Waals surface area contributed by atoms with Crippen LogP contribution in [0.5, 0.6) is 5.75 Å². The van der Waals surface area contributed by atoms with E-state index in [1.807, 2.05) is 13.0 Å². The minimum atomic E-state index is -1.58. The van der Waals surface area contributed by atoms with Crippen molar-refractivity contribution < 1.29 is 43.1 Å². The van der Waals surface area contributed by atoms with Crippen LogP contribution in [0.25, 0.3) is 0 Å². The van der Waals surface area contributed by atoms with E-state index < -0.39 is 101 Å². The van der Waals surface area contributed by atoms with Crippen molar-refractivity contribution in [2.45, 2.75) is 139 Å². The Labute approximate surface area is 394 Å². The lowest BCUT2D eigenvalue weighted by Gasteiger charge is -2.36. The molecule has 4 rings (SSSR count). The molecule has 3 unspecified atom stereocenters. The van der Waals surface area contributed by atoms with E-state index in [0.29, 0.717) is 50.1 Å². The van der Waals surface area contributed by atoms with Gasteiger partial charge in [0.1, 0.15) is 42.0 Å². The highest BCUT2D eigenvalue weighted by Gasteiger charge is 2.39. The molecular weight excluding hydrogens is 887 g/mol. The maximum atomic E-state index is 14.5. The molecule has 20 heteroatoms. The normalized spacial score (nSPS) is 23.0. The van der Waals surface area contributed by atoms with Crippen molar-refractivity contribution in [3.05, 3.63) is 65.7 Å². The highest BCUT2D eigenvalue weighted by molar-refractivity contribution is 8.77. The number of hydrogen-bond donors (Lipinski definition) is 9. The van der Waals surface area contributed by atoms with Gasteiger partial charge in [0, 0.05) is 29.8 Å². The van der Waals surface area contributed by atoms with E-state index >= 15 is 0 Å². The minimum absolute atomic E-state index is 0.0164. The molecule has 2 aromatic rings. The van der Waals surface area contributed by atoms with Crippen LogP contribution in [-0.4, -0.2) is 107 Å². The summed E-state index contributed by atoms with van der Waals surface area (Å²) in [7, 11) is 2.65. The summed E-state index contributed by atoms with van der Waals surface area (Å²) in [6.07, 6.45) is 4.61. The second-order valence-electron chi connectivity index (χ2n) is 17.2. The maximum Gasteiger partial charge on any atom is 0.244 e. The van der Waals surface area contributed by atoms with Crippen molar-refractivity contribution in [1.29, 1.82) is 0 Å². The summed E-state index contributed by atoms with van der Waals surface area (Å²) in [6.45, 7) is 6.02. The predicted molar refractivity (Wildman–Crippen MR) is 254 cm³/mol. The lowest BCUT2D eigenvalue weighted by Crippen LogP contribution is -2.61. The van der Waals surface area contributed by atoms with Crippen LogP contribution in [-0.2, 0) is 51.2 Å². The third kappa shape index (κ3) is 17.1. The Morgan fingerprint density at radius 1 is 0.773 bits per heavy atom. The Bertz CT molecular complexity index is 1970. The van der Waals surface area contributed by atoms with Gasteiger partial charge in [0.05, 0.1) is 13.0 Å². The second kappa shape index (κ2) is 26.7. The molecule has 8 amide bonds. The van der Waals surface area contributed by atoms with Crippen LogP contribution in [0.1, 0.15) is 96.1 Å². The van der Waals surface area contributed by atoms with E-state index in [9.17, 15) is 38.4 Å². The van der Waals surface area contributed by atoms with Crippen LogP contribution in [0.15, 0.2) is 54.6 Å². The second-order valence-corrected chi connectivity index (χ2v) is 20.0. The van der Waals surface area contributed by atoms with Crippen LogP contribution in [0.4, 0.5) is 0 Å². The third-order valence-electron chi connectivity index (χ3n) is 11.5. The fourth-order valence-corrected chi connectivity index (χ4v) is 11.3. The summed E-state index contributed by atoms with van der Waals surface area (Å²) in [4.78, 5) is 110. The monoisotopic (exact) mass is 953 g/mol. The van der Waals surface area contributed by atoms with Gasteiger partial charge in [-0.3, -0.25) is 38.4 Å². The summed E-state index contributed by atoms with van der Waals surface area (Å²) in [5.41, 5.74) is 18.3. The van der Waals surface area contributed by atoms with Crippen molar-refractivity contribution in [2.75, 3.05) is 18.9 Å². The van der Waals surface area contributed by atoms with Crippen LogP contribution in [0.2, 0.25) is 0 Å². The van der Waals surface area contributed by atoms with E-state index in [1.54, 1.807) is 62.4 Å². The molecule has 1 aliphatic carbocycles. The summed E-state index contributed by atoms with van der Waals surface area (Å²) >= 11 is 0. The van der Waals surface area contributed by atoms with Crippen LogP contribution < -0.4 is 53.8 Å². The van der Waals surface area contributed by atoms with E-state index in [4.69, 9.17) is 21.9 Å². The molecule has 362 valence electrons. The Morgan fingerprint density at radius 3 is 1.98 bits per heavy atom. The van der Waals surface area contributed by atoms with Gasteiger partial charge in [-0.05, 0) is 74.8 Å². The van der Waals surface area contributed by atoms with Gasteiger partial charge >= 0.3 is 0 Å². The highest BCUT2D eigenvalue weighted by Crippen LogP contribution is 2.48. The predicted octanol–water partition coefficient (Wildman–Crippen LogP) is 1.41. The lowest BCUT2D eigenvalue weighted by atomic mass is 9.85. The Morgan fingerprint density at radius 2 is 1.38 bits per heavy atom. The number of amides is 8. The average molecular weight is 954 g/mol. The van der Waals surface area contributed by atoms with Crippen molar-refractivity contribution in [1.82, 2.24) is 31.9 Å². The van der Waals surface area contributed by atoms with E-state index in [2.05, 4.69) is 31.9 Å². The molecule has 2 aromatic carbocycles. The first-order chi connectivity index (χ1) is 31.5. The first-order valence-electron chi connectivity index (χ1n) is 22.7. The van der Waals surface area contributed by atoms with Crippen LogP contribution >= 0.6 is 21.6 Å². The zero-order chi connectivity index (χ0) is 48.2. The van der Waals surface area contributed by atoms with Gasteiger partial charge in [0.2, 0.25) is 47.3 Å². The fourth-order valence-electron chi connectivity index (χ4n) is 7.88. The number of carbonyl (C=O) groups excluding carboxylic acids is 8. The first kappa shape index (κ1) is 53.3. The maximum absolute atomic E-state index is 14.5. The zero-order valence-corrected chi connectivity index (χ0v) is 39.7. The van der Waals surface area contributed by atoms with Crippen molar-refractivity contribution in [2.24, 2.45) is 23.1 Å². The van der Waals surface area contributed by atoms with Crippen LogP contribution in [0, 0.1) is 5.92 Å². The van der Waals surface area contributed by atoms with E-state index in [-0.39, 0.29) is 31.4 Å². The van der Waals surface area contributed by atoms with E-state index in [0.717, 1.165) is 24.8 Å².